The van der Waals surface area contributed by atoms with Crippen LogP contribution >= 0.6 is 15.9 Å². The maximum atomic E-state index is 15.6. The van der Waals surface area contributed by atoms with Gasteiger partial charge in [-0.15, -0.1) is 0 Å². The molecule has 4 heterocycles. The lowest BCUT2D eigenvalue weighted by Crippen LogP contribution is -2.59. The molecule has 4 aromatic carbocycles. The number of hydrogen-bond acceptors (Lipinski definition) is 8. The second kappa shape index (κ2) is 16.4. The smallest absolute Gasteiger partial charge is 0.313 e. The lowest BCUT2D eigenvalue weighted by Gasteiger charge is -2.39. The number of benzene rings is 4. The van der Waals surface area contributed by atoms with E-state index >= 15 is 9.59 Å². The van der Waals surface area contributed by atoms with Crippen molar-refractivity contribution >= 4 is 56.1 Å². The van der Waals surface area contributed by atoms with Crippen LogP contribution in [0.25, 0.3) is 10.8 Å². The molecule has 2 fully saturated rings. The van der Waals surface area contributed by atoms with E-state index in [1.54, 1.807) is 23.1 Å². The quantitative estimate of drug-likeness (QED) is 0.178. The molecule has 0 radical (unpaired) electrons. The van der Waals surface area contributed by atoms with Crippen molar-refractivity contribution in [1.82, 2.24) is 10.2 Å². The van der Waals surface area contributed by atoms with Crippen molar-refractivity contribution in [3.05, 3.63) is 137 Å². The molecule has 0 saturated carbocycles. The number of nitrogens with one attached hydrogen (secondary N) is 1. The summed E-state index contributed by atoms with van der Waals surface area (Å²) < 4.78 is 19.2. The Hall–Kier alpha value is -5.14. The summed E-state index contributed by atoms with van der Waals surface area (Å²) in [7, 11) is 1.51. The van der Waals surface area contributed by atoms with Crippen LogP contribution in [0.5, 0.6) is 0 Å². The lowest BCUT2D eigenvalue weighted by molar-refractivity contribution is -0.162. The minimum atomic E-state index is -1.58. The highest BCUT2D eigenvalue weighted by Crippen LogP contribution is 2.59. The molecular weight excluding hydrogens is 790 g/mol. The fourth-order valence-corrected chi connectivity index (χ4v) is 9.69. The van der Waals surface area contributed by atoms with Crippen LogP contribution in [-0.2, 0) is 39.8 Å². The number of amides is 3. The number of cyclic esters (lactones) is 1. The zero-order valence-corrected chi connectivity index (χ0v) is 33.0. The van der Waals surface area contributed by atoms with E-state index in [1.807, 2.05) is 103 Å². The summed E-state index contributed by atoms with van der Waals surface area (Å²) in [5.74, 6) is -4.24. The van der Waals surface area contributed by atoms with Crippen molar-refractivity contribution in [3.8, 4) is 0 Å². The zero-order chi connectivity index (χ0) is 39.7. The average molecular weight is 835 g/mol. The summed E-state index contributed by atoms with van der Waals surface area (Å²) in [5.41, 5.74) is 0.500. The Morgan fingerprint density at radius 2 is 1.61 bits per heavy atom. The van der Waals surface area contributed by atoms with Crippen LogP contribution in [0.4, 0.5) is 5.69 Å². The van der Waals surface area contributed by atoms with Crippen LogP contribution in [0.1, 0.15) is 30.1 Å². The molecule has 4 aliphatic heterocycles. The number of aliphatic hydroxyl groups is 1. The normalized spacial score (nSPS) is 28.9. The molecule has 0 aromatic heterocycles. The number of methoxy groups -OCH3 is 1. The maximum Gasteiger partial charge on any atom is 0.313 e. The Bertz CT molecular complexity index is 2220. The summed E-state index contributed by atoms with van der Waals surface area (Å²) in [5, 5.41) is 16.0. The summed E-state index contributed by atoms with van der Waals surface area (Å²) in [6.07, 6.45) is 4.31. The third-order valence-corrected chi connectivity index (χ3v) is 12.2. The Labute approximate surface area is 339 Å². The number of halogens is 1. The highest BCUT2D eigenvalue weighted by Gasteiger charge is 2.75. The number of rotatable bonds is 8. The first kappa shape index (κ1) is 38.7. The standard InChI is InChI=1S/C45H44BrN3O8/c1-55-27-35-39(30-16-7-3-8-17-30)56-44(54)37-38-42(52)49(33(26-50)23-28-13-5-2-6-14-28)41(45(38)25-34(46)40(37)57-45)43(53)48(22-12-4-9-19-36(51)47-35)32-21-20-29-15-10-11-18-31(29)24-32/h2-8,10-18,20-21,24-25,33,35,37-41,50H,9,19,22-23,26-27H2,1H3,(H,47,51)/b12-4-/t33-,35-,37+,38-,39-,40+,41+,45-/m1/s1. The van der Waals surface area contributed by atoms with E-state index in [-0.39, 0.29) is 31.9 Å². The predicted octanol–water partition coefficient (Wildman–Crippen LogP) is 5.42. The van der Waals surface area contributed by atoms with Crippen molar-refractivity contribution in [2.75, 3.05) is 31.8 Å². The number of nitrogens with zero attached hydrogens (tertiary/aromatic N) is 2. The number of allylic oxidation sites excluding steroid dienone is 1. The molecular formula is C45H44BrN3O8. The SMILES string of the molecule is COC[C@H]1NC(=O)CC/C=C\CN(c2ccc3ccccc3c2)C(=O)[C@@H]2N([C@@H](CO)Cc3ccccc3)C(=O)[C@H]3[C@H](C(=O)O[C@@H]1c1ccccc1)[C@H]1O[C@@]23C=C1Br. The number of aliphatic hydroxyl groups excluding tert-OH is 1. The number of fused-ring (bicyclic) bond motifs is 3. The molecule has 0 aliphatic carbocycles. The monoisotopic (exact) mass is 833 g/mol. The zero-order valence-electron chi connectivity index (χ0n) is 31.4. The first-order chi connectivity index (χ1) is 27.7. The van der Waals surface area contributed by atoms with Gasteiger partial charge in [0.05, 0.1) is 31.2 Å². The van der Waals surface area contributed by atoms with Gasteiger partial charge in [-0.05, 0) is 52.9 Å². The largest absolute Gasteiger partial charge is 0.455 e. The average Bonchev–Trinajstić information content (AvgIpc) is 3.83. The fourth-order valence-electron chi connectivity index (χ4n) is 8.96. The molecule has 2 N–H and O–H groups in total. The van der Waals surface area contributed by atoms with Crippen molar-refractivity contribution in [1.29, 1.82) is 0 Å². The summed E-state index contributed by atoms with van der Waals surface area (Å²) in [6.45, 7) is -0.290. The summed E-state index contributed by atoms with van der Waals surface area (Å²) in [4.78, 5) is 62.1. The summed E-state index contributed by atoms with van der Waals surface area (Å²) in [6, 6.07) is 29.3. The lowest BCUT2D eigenvalue weighted by atomic mass is 9.74. The minimum absolute atomic E-state index is 0.0393. The minimum Gasteiger partial charge on any atom is -0.455 e. The van der Waals surface area contributed by atoms with Gasteiger partial charge >= 0.3 is 5.97 Å². The molecule has 12 heteroatoms. The van der Waals surface area contributed by atoms with E-state index in [0.29, 0.717) is 22.2 Å². The molecule has 0 unspecified atom stereocenters. The van der Waals surface area contributed by atoms with E-state index in [1.165, 1.54) is 12.0 Å². The van der Waals surface area contributed by atoms with Gasteiger partial charge in [-0.3, -0.25) is 19.2 Å². The first-order valence-corrected chi connectivity index (χ1v) is 20.0. The van der Waals surface area contributed by atoms with E-state index in [2.05, 4.69) is 21.2 Å². The van der Waals surface area contributed by atoms with Crippen LogP contribution in [0.15, 0.2) is 126 Å². The van der Waals surface area contributed by atoms with Gasteiger partial charge < -0.3 is 34.4 Å². The van der Waals surface area contributed by atoms with E-state index in [9.17, 15) is 14.7 Å². The van der Waals surface area contributed by atoms with Gasteiger partial charge in [0.15, 0.2) is 0 Å². The molecule has 11 nitrogen and oxygen atoms in total. The number of ether oxygens (including phenoxy) is 3. The highest BCUT2D eigenvalue weighted by molar-refractivity contribution is 9.11. The highest BCUT2D eigenvalue weighted by atomic mass is 79.9. The van der Waals surface area contributed by atoms with Gasteiger partial charge in [0, 0.05) is 30.2 Å². The van der Waals surface area contributed by atoms with Gasteiger partial charge in [0.2, 0.25) is 11.8 Å². The van der Waals surface area contributed by atoms with Crippen LogP contribution in [-0.4, -0.2) is 90.4 Å². The van der Waals surface area contributed by atoms with E-state index < -0.39 is 72.2 Å². The van der Waals surface area contributed by atoms with Gasteiger partial charge in [-0.25, -0.2) is 0 Å². The number of anilines is 1. The van der Waals surface area contributed by atoms with Gasteiger partial charge in [-0.1, -0.05) is 119 Å². The number of esters is 1. The third kappa shape index (κ3) is 7.20. The van der Waals surface area contributed by atoms with Gasteiger partial charge in [0.25, 0.3) is 5.91 Å². The molecule has 8 rings (SSSR count). The molecule has 4 aliphatic rings. The predicted molar refractivity (Wildman–Crippen MR) is 217 cm³/mol. The molecule has 2 saturated heterocycles. The maximum absolute atomic E-state index is 15.6. The molecule has 4 aromatic rings. The van der Waals surface area contributed by atoms with Gasteiger partial charge in [-0.2, -0.15) is 0 Å². The fraction of sp³-hybridized carbons (Fsp3) is 0.333. The Kier molecular flexibility index (Phi) is 11.1. The Morgan fingerprint density at radius 1 is 0.895 bits per heavy atom. The number of likely N-dealkylation sites (tertiary alicyclic amines) is 1. The van der Waals surface area contributed by atoms with Gasteiger partial charge in [0.1, 0.15) is 29.8 Å². The molecule has 8 atom stereocenters. The van der Waals surface area contributed by atoms with Crippen molar-refractivity contribution in [2.45, 2.75) is 55.2 Å². The van der Waals surface area contributed by atoms with Crippen molar-refractivity contribution in [3.63, 3.8) is 0 Å². The van der Waals surface area contributed by atoms with E-state index in [0.717, 1.165) is 16.3 Å². The topological polar surface area (TPSA) is 135 Å². The molecule has 3 amide bonds. The molecule has 294 valence electrons. The third-order valence-electron chi connectivity index (χ3n) is 11.5. The molecule has 5 bridgehead atoms. The first-order valence-electron chi connectivity index (χ1n) is 19.3. The van der Waals surface area contributed by atoms with Crippen LogP contribution in [0, 0.1) is 11.8 Å². The van der Waals surface area contributed by atoms with Crippen LogP contribution in [0.2, 0.25) is 0 Å². The van der Waals surface area contributed by atoms with Crippen LogP contribution < -0.4 is 10.2 Å². The second-order valence-electron chi connectivity index (χ2n) is 15.0. The number of hydrogen-bond donors (Lipinski definition) is 2. The summed E-state index contributed by atoms with van der Waals surface area (Å²) >= 11 is 3.65. The Balaban J connectivity index is 1.28. The second-order valence-corrected chi connectivity index (χ2v) is 15.9. The van der Waals surface area contributed by atoms with Crippen LogP contribution in [0.3, 0.4) is 0 Å². The van der Waals surface area contributed by atoms with Crippen molar-refractivity contribution < 1.29 is 38.5 Å². The number of carbonyl (C=O) groups excluding carboxylic acids is 4. The number of carbonyl (C=O) groups is 4. The molecule has 1 spiro atoms. The van der Waals surface area contributed by atoms with E-state index in [4.69, 9.17) is 14.2 Å². The molecule has 57 heavy (non-hydrogen) atoms. The Morgan fingerprint density at radius 3 is 2.35 bits per heavy atom. The van der Waals surface area contributed by atoms with Crippen molar-refractivity contribution in [2.24, 2.45) is 11.8 Å².